The fourth-order valence-electron chi connectivity index (χ4n) is 2.89. The van der Waals surface area contributed by atoms with Gasteiger partial charge in [-0.3, -0.25) is 9.48 Å². The van der Waals surface area contributed by atoms with Crippen molar-refractivity contribution in [2.45, 2.75) is 11.8 Å². The second-order valence-electron chi connectivity index (χ2n) is 6.07. The van der Waals surface area contributed by atoms with Gasteiger partial charge in [0.15, 0.2) is 0 Å². The first kappa shape index (κ1) is 18.8. The number of nitrogens with zero attached hydrogens (tertiary/aromatic N) is 4. The molecule has 1 aromatic heterocycles. The lowest BCUT2D eigenvalue weighted by atomic mass is 10.3. The molecule has 0 unspecified atom stereocenters. The number of aryl methyl sites for hydroxylation is 2. The van der Waals surface area contributed by atoms with Crippen LogP contribution >= 0.6 is 11.6 Å². The van der Waals surface area contributed by atoms with E-state index in [1.165, 1.54) is 15.1 Å². The molecule has 3 rings (SSSR count). The van der Waals surface area contributed by atoms with Crippen LogP contribution in [-0.2, 0) is 17.1 Å². The lowest BCUT2D eigenvalue weighted by Crippen LogP contribution is -2.50. The molecule has 140 valence electrons. The summed E-state index contributed by atoms with van der Waals surface area (Å²) in [5.74, 6) is -0.859. The van der Waals surface area contributed by atoms with E-state index < -0.39 is 15.8 Å². The third-order valence-electron chi connectivity index (χ3n) is 4.28. The summed E-state index contributed by atoms with van der Waals surface area (Å²) in [4.78, 5) is 14.1. The molecule has 1 aliphatic rings. The number of benzene rings is 1. The highest BCUT2D eigenvalue weighted by molar-refractivity contribution is 7.89. The lowest BCUT2D eigenvalue weighted by Gasteiger charge is -2.34. The van der Waals surface area contributed by atoms with E-state index in [9.17, 15) is 17.6 Å². The van der Waals surface area contributed by atoms with E-state index in [0.717, 1.165) is 17.8 Å². The molecular formula is C16H18ClFN4O3S. The van der Waals surface area contributed by atoms with Crippen LogP contribution in [-0.4, -0.2) is 59.5 Å². The molecule has 0 bridgehead atoms. The maximum Gasteiger partial charge on any atom is 0.272 e. The van der Waals surface area contributed by atoms with E-state index in [-0.39, 0.29) is 42.0 Å². The first-order chi connectivity index (χ1) is 12.2. The Balaban J connectivity index is 1.72. The van der Waals surface area contributed by atoms with Gasteiger partial charge >= 0.3 is 0 Å². The number of hydrogen-bond donors (Lipinski definition) is 0. The summed E-state index contributed by atoms with van der Waals surface area (Å²) in [7, 11) is -2.10. The lowest BCUT2D eigenvalue weighted by molar-refractivity contribution is 0.0687. The average molecular weight is 401 g/mol. The number of amides is 1. The fraction of sp³-hybridized carbons (Fsp3) is 0.375. The van der Waals surface area contributed by atoms with Crippen molar-refractivity contribution in [2.24, 2.45) is 7.05 Å². The highest BCUT2D eigenvalue weighted by Gasteiger charge is 2.31. The van der Waals surface area contributed by atoms with E-state index in [4.69, 9.17) is 11.6 Å². The second kappa shape index (κ2) is 6.98. The van der Waals surface area contributed by atoms with Gasteiger partial charge in [0.2, 0.25) is 10.0 Å². The molecule has 26 heavy (non-hydrogen) atoms. The van der Waals surface area contributed by atoms with Crippen molar-refractivity contribution in [3.8, 4) is 0 Å². The molecule has 1 aromatic carbocycles. The van der Waals surface area contributed by atoms with Gasteiger partial charge < -0.3 is 4.90 Å². The van der Waals surface area contributed by atoms with Crippen LogP contribution in [0.25, 0.3) is 0 Å². The Morgan fingerprint density at radius 3 is 2.38 bits per heavy atom. The second-order valence-corrected chi connectivity index (χ2v) is 8.41. The average Bonchev–Trinajstić information content (AvgIpc) is 2.95. The quantitative estimate of drug-likeness (QED) is 0.785. The molecule has 0 atom stereocenters. The van der Waals surface area contributed by atoms with Crippen molar-refractivity contribution in [3.63, 3.8) is 0 Å². The van der Waals surface area contributed by atoms with Gasteiger partial charge in [0.25, 0.3) is 5.91 Å². The van der Waals surface area contributed by atoms with Crippen molar-refractivity contribution < 1.29 is 17.6 Å². The molecule has 0 N–H and O–H groups in total. The SMILES string of the molecule is Cc1cc(C(=O)N2CCN(S(=O)(=O)c3ccc(F)c(Cl)c3)CC2)n(C)n1. The van der Waals surface area contributed by atoms with Crippen LogP contribution < -0.4 is 0 Å². The molecule has 2 aromatic rings. The largest absolute Gasteiger partial charge is 0.335 e. The maximum absolute atomic E-state index is 13.3. The first-order valence-corrected chi connectivity index (χ1v) is 9.77. The Hall–Kier alpha value is -1.97. The van der Waals surface area contributed by atoms with Crippen LogP contribution in [0.2, 0.25) is 5.02 Å². The van der Waals surface area contributed by atoms with E-state index >= 15 is 0 Å². The fourth-order valence-corrected chi connectivity index (χ4v) is 4.58. The number of sulfonamides is 1. The Morgan fingerprint density at radius 2 is 1.85 bits per heavy atom. The van der Waals surface area contributed by atoms with Gasteiger partial charge in [0, 0.05) is 33.2 Å². The summed E-state index contributed by atoms with van der Waals surface area (Å²) < 4.78 is 41.4. The number of piperazine rings is 1. The number of carbonyl (C=O) groups is 1. The molecule has 0 spiro atoms. The number of carbonyl (C=O) groups excluding carboxylic acids is 1. The summed E-state index contributed by atoms with van der Waals surface area (Å²) in [6.45, 7) is 2.63. The van der Waals surface area contributed by atoms with Crippen molar-refractivity contribution in [1.29, 1.82) is 0 Å². The topological polar surface area (TPSA) is 75.5 Å². The summed E-state index contributed by atoms with van der Waals surface area (Å²) in [6.07, 6.45) is 0. The molecule has 1 amide bonds. The summed E-state index contributed by atoms with van der Waals surface area (Å²) >= 11 is 5.69. The maximum atomic E-state index is 13.3. The van der Waals surface area contributed by atoms with Gasteiger partial charge in [0.1, 0.15) is 11.5 Å². The Morgan fingerprint density at radius 1 is 1.19 bits per heavy atom. The predicted octanol–water partition coefficient (Wildman–Crippen LogP) is 1.67. The Kier molecular flexibility index (Phi) is 5.05. The van der Waals surface area contributed by atoms with Crippen molar-refractivity contribution >= 4 is 27.5 Å². The number of aromatic nitrogens is 2. The van der Waals surface area contributed by atoms with E-state index in [1.54, 1.807) is 24.9 Å². The van der Waals surface area contributed by atoms with Crippen molar-refractivity contribution in [2.75, 3.05) is 26.2 Å². The van der Waals surface area contributed by atoms with Gasteiger partial charge in [-0.2, -0.15) is 9.40 Å². The zero-order valence-corrected chi connectivity index (χ0v) is 15.9. The van der Waals surface area contributed by atoms with Gasteiger partial charge in [-0.05, 0) is 31.2 Å². The third kappa shape index (κ3) is 3.46. The monoisotopic (exact) mass is 400 g/mol. The van der Waals surface area contributed by atoms with Gasteiger partial charge in [0.05, 0.1) is 15.6 Å². The standard InChI is InChI=1S/C16H18ClFN4O3S/c1-11-9-15(20(2)19-11)16(23)21-5-7-22(8-6-21)26(24,25)12-3-4-14(18)13(17)10-12/h3-4,9-10H,5-8H2,1-2H3. The minimum absolute atomic E-state index is 0.0639. The molecule has 10 heteroatoms. The summed E-state index contributed by atoms with van der Waals surface area (Å²) in [6, 6.07) is 5.01. The number of hydrogen-bond acceptors (Lipinski definition) is 4. The zero-order valence-electron chi connectivity index (χ0n) is 14.3. The third-order valence-corrected chi connectivity index (χ3v) is 6.46. The molecule has 0 aliphatic carbocycles. The predicted molar refractivity (Wildman–Crippen MR) is 94.0 cm³/mol. The highest BCUT2D eigenvalue weighted by Crippen LogP contribution is 2.23. The van der Waals surface area contributed by atoms with Crippen LogP contribution in [0, 0.1) is 12.7 Å². The molecular weight excluding hydrogens is 383 g/mol. The minimum Gasteiger partial charge on any atom is -0.335 e. The van der Waals surface area contributed by atoms with E-state index in [1.807, 2.05) is 0 Å². The van der Waals surface area contributed by atoms with E-state index in [2.05, 4.69) is 5.10 Å². The van der Waals surface area contributed by atoms with Crippen LogP contribution in [0.1, 0.15) is 16.2 Å². The smallest absolute Gasteiger partial charge is 0.272 e. The normalized spacial score (nSPS) is 16.1. The van der Waals surface area contributed by atoms with Crippen molar-refractivity contribution in [3.05, 3.63) is 46.5 Å². The van der Waals surface area contributed by atoms with Crippen LogP contribution in [0.3, 0.4) is 0 Å². The zero-order chi connectivity index (χ0) is 19.1. The molecule has 0 saturated carbocycles. The minimum atomic E-state index is -3.79. The van der Waals surface area contributed by atoms with Gasteiger partial charge in [-0.1, -0.05) is 11.6 Å². The van der Waals surface area contributed by atoms with E-state index in [0.29, 0.717) is 5.69 Å². The summed E-state index contributed by atoms with van der Waals surface area (Å²) in [5, 5.41) is 3.91. The molecule has 0 radical (unpaired) electrons. The molecule has 1 fully saturated rings. The van der Waals surface area contributed by atoms with Crippen LogP contribution in [0.4, 0.5) is 4.39 Å². The van der Waals surface area contributed by atoms with Crippen molar-refractivity contribution in [1.82, 2.24) is 19.0 Å². The first-order valence-electron chi connectivity index (χ1n) is 7.95. The molecule has 2 heterocycles. The molecule has 1 aliphatic heterocycles. The summed E-state index contributed by atoms with van der Waals surface area (Å²) in [5.41, 5.74) is 1.20. The number of rotatable bonds is 3. The molecule has 1 saturated heterocycles. The van der Waals surface area contributed by atoms with Gasteiger partial charge in [-0.25, -0.2) is 12.8 Å². The Bertz CT molecular complexity index is 952. The molecule has 7 nitrogen and oxygen atoms in total. The highest BCUT2D eigenvalue weighted by atomic mass is 35.5. The van der Waals surface area contributed by atoms with Gasteiger partial charge in [-0.15, -0.1) is 0 Å². The van der Waals surface area contributed by atoms with Crippen LogP contribution in [0.5, 0.6) is 0 Å². The Labute approximate surface area is 156 Å². The number of halogens is 2. The van der Waals surface area contributed by atoms with Crippen LogP contribution in [0.15, 0.2) is 29.2 Å².